The van der Waals surface area contributed by atoms with Gasteiger partial charge in [0.15, 0.2) is 0 Å². The van der Waals surface area contributed by atoms with Crippen LogP contribution in [0.2, 0.25) is 5.02 Å². The molecule has 9 heteroatoms. The van der Waals surface area contributed by atoms with E-state index in [4.69, 9.17) is 16.7 Å². The molecule has 2 rings (SSSR count). The molecular formula is C14H13ClN2O4S2. The molecule has 2 aromatic rings. The standard InChI is InChI=1S/C14H13ClN2O4S2/c15-12-3-1-11(2-4-12)9-10-22(18,19)17-13-5-7-14(8-6-13)23(16,20)21/h1-10,17H,(H2,16,20,21)/b10-9+. The minimum Gasteiger partial charge on any atom is -0.280 e. The molecule has 0 bridgehead atoms. The number of benzene rings is 2. The van der Waals surface area contributed by atoms with E-state index in [2.05, 4.69) is 4.72 Å². The number of rotatable bonds is 5. The Balaban J connectivity index is 2.13. The Hall–Kier alpha value is -1.87. The lowest BCUT2D eigenvalue weighted by molar-refractivity contribution is 0.597. The molecule has 3 N–H and O–H groups in total. The van der Waals surface area contributed by atoms with Crippen LogP contribution in [-0.2, 0) is 20.0 Å². The number of halogens is 1. The quantitative estimate of drug-likeness (QED) is 0.840. The minimum absolute atomic E-state index is 0.0999. The number of sulfonamides is 2. The number of nitrogens with two attached hydrogens (primary N) is 1. The second-order valence-electron chi connectivity index (χ2n) is 4.57. The third-order valence-electron chi connectivity index (χ3n) is 2.75. The number of nitrogens with one attached hydrogen (secondary N) is 1. The molecule has 0 saturated heterocycles. The molecule has 0 aliphatic carbocycles. The maximum atomic E-state index is 12.0. The summed E-state index contributed by atoms with van der Waals surface area (Å²) in [6, 6.07) is 11.7. The molecule has 0 aromatic heterocycles. The molecule has 0 aliphatic heterocycles. The Morgan fingerprint density at radius 2 is 1.48 bits per heavy atom. The number of hydrogen-bond acceptors (Lipinski definition) is 4. The summed E-state index contributed by atoms with van der Waals surface area (Å²) in [7, 11) is -7.55. The van der Waals surface area contributed by atoms with Crippen molar-refractivity contribution >= 4 is 43.4 Å². The Labute approximate surface area is 139 Å². The fourth-order valence-corrected chi connectivity index (χ4v) is 3.16. The molecule has 122 valence electrons. The van der Waals surface area contributed by atoms with Crippen LogP contribution in [-0.4, -0.2) is 16.8 Å². The van der Waals surface area contributed by atoms with Gasteiger partial charge in [-0.3, -0.25) is 4.72 Å². The summed E-state index contributed by atoms with van der Waals surface area (Å²) in [5.41, 5.74) is 0.891. The van der Waals surface area contributed by atoms with Gasteiger partial charge in [0.05, 0.1) is 10.3 Å². The summed E-state index contributed by atoms with van der Waals surface area (Å²) >= 11 is 5.75. The van der Waals surface area contributed by atoms with Gasteiger partial charge in [0.25, 0.3) is 10.0 Å². The van der Waals surface area contributed by atoms with Gasteiger partial charge in [-0.05, 0) is 48.0 Å². The van der Waals surface area contributed by atoms with Crippen molar-refractivity contribution in [3.63, 3.8) is 0 Å². The Morgan fingerprint density at radius 1 is 0.913 bits per heavy atom. The van der Waals surface area contributed by atoms with E-state index in [0.717, 1.165) is 5.41 Å². The molecule has 0 aliphatic rings. The first kappa shape index (κ1) is 17.5. The lowest BCUT2D eigenvalue weighted by atomic mass is 10.2. The summed E-state index contributed by atoms with van der Waals surface area (Å²) < 4.78 is 48.5. The molecule has 0 fully saturated rings. The van der Waals surface area contributed by atoms with Gasteiger partial charge in [0, 0.05) is 10.7 Å². The van der Waals surface area contributed by atoms with Gasteiger partial charge < -0.3 is 0 Å². The second-order valence-corrected chi connectivity index (χ2v) is 8.13. The Morgan fingerprint density at radius 3 is 2.00 bits per heavy atom. The van der Waals surface area contributed by atoms with E-state index in [-0.39, 0.29) is 10.6 Å². The SMILES string of the molecule is NS(=O)(=O)c1ccc(NS(=O)(=O)/C=C/c2ccc(Cl)cc2)cc1. The zero-order chi connectivity index (χ0) is 17.1. The first-order valence-corrected chi connectivity index (χ1v) is 9.72. The highest BCUT2D eigenvalue weighted by Crippen LogP contribution is 2.15. The topological polar surface area (TPSA) is 106 Å². The average molecular weight is 373 g/mol. The highest BCUT2D eigenvalue weighted by atomic mass is 35.5. The largest absolute Gasteiger partial charge is 0.280 e. The molecule has 0 radical (unpaired) electrons. The first-order valence-electron chi connectivity index (χ1n) is 6.25. The summed E-state index contributed by atoms with van der Waals surface area (Å²) in [5, 5.41) is 6.53. The van der Waals surface area contributed by atoms with Crippen LogP contribution in [0.3, 0.4) is 0 Å². The fourth-order valence-electron chi connectivity index (χ4n) is 1.65. The van der Waals surface area contributed by atoms with Gasteiger partial charge in [-0.15, -0.1) is 0 Å². The summed E-state index contributed by atoms with van der Waals surface area (Å²) in [4.78, 5) is -0.0999. The zero-order valence-corrected chi connectivity index (χ0v) is 14.1. The summed E-state index contributed by atoms with van der Waals surface area (Å²) in [5.74, 6) is 0. The summed E-state index contributed by atoms with van der Waals surface area (Å²) in [6.07, 6.45) is 1.41. The maximum Gasteiger partial charge on any atom is 0.255 e. The van der Waals surface area contributed by atoms with Crippen LogP contribution in [0, 0.1) is 0 Å². The molecule has 0 spiro atoms. The normalized spacial score (nSPS) is 12.4. The lowest BCUT2D eigenvalue weighted by Gasteiger charge is -2.05. The zero-order valence-electron chi connectivity index (χ0n) is 11.7. The molecule has 0 amide bonds. The van der Waals surface area contributed by atoms with Gasteiger partial charge in [0.2, 0.25) is 10.0 Å². The van der Waals surface area contributed by atoms with E-state index in [9.17, 15) is 16.8 Å². The molecule has 0 atom stereocenters. The van der Waals surface area contributed by atoms with Gasteiger partial charge in [-0.1, -0.05) is 23.7 Å². The van der Waals surface area contributed by atoms with Gasteiger partial charge >= 0.3 is 0 Å². The monoisotopic (exact) mass is 372 g/mol. The van der Waals surface area contributed by atoms with Crippen LogP contribution in [0.25, 0.3) is 6.08 Å². The van der Waals surface area contributed by atoms with Crippen molar-refractivity contribution in [1.29, 1.82) is 0 Å². The van der Waals surface area contributed by atoms with Gasteiger partial charge in [-0.25, -0.2) is 22.0 Å². The Bertz CT molecular complexity index is 920. The second kappa shape index (κ2) is 6.71. The highest BCUT2D eigenvalue weighted by Gasteiger charge is 2.09. The van der Waals surface area contributed by atoms with Crippen LogP contribution in [0.15, 0.2) is 58.8 Å². The van der Waals surface area contributed by atoms with Crippen molar-refractivity contribution in [1.82, 2.24) is 0 Å². The van der Waals surface area contributed by atoms with Crippen LogP contribution < -0.4 is 9.86 Å². The summed E-state index contributed by atoms with van der Waals surface area (Å²) in [6.45, 7) is 0. The van der Waals surface area contributed by atoms with Gasteiger partial charge in [-0.2, -0.15) is 0 Å². The third-order valence-corrected chi connectivity index (χ3v) is 4.95. The van der Waals surface area contributed by atoms with Crippen molar-refractivity contribution in [2.75, 3.05) is 4.72 Å². The molecule has 0 saturated carbocycles. The van der Waals surface area contributed by atoms with E-state index in [0.29, 0.717) is 10.6 Å². The van der Waals surface area contributed by atoms with Crippen LogP contribution >= 0.6 is 11.6 Å². The van der Waals surface area contributed by atoms with Crippen molar-refractivity contribution < 1.29 is 16.8 Å². The van der Waals surface area contributed by atoms with E-state index >= 15 is 0 Å². The smallest absolute Gasteiger partial charge is 0.255 e. The van der Waals surface area contributed by atoms with E-state index < -0.39 is 20.0 Å². The van der Waals surface area contributed by atoms with Crippen LogP contribution in [0.5, 0.6) is 0 Å². The van der Waals surface area contributed by atoms with Crippen molar-refractivity contribution in [3.8, 4) is 0 Å². The number of primary sulfonamides is 1. The maximum absolute atomic E-state index is 12.0. The Kier molecular flexibility index (Phi) is 5.10. The van der Waals surface area contributed by atoms with Crippen molar-refractivity contribution in [2.45, 2.75) is 4.90 Å². The minimum atomic E-state index is -3.82. The van der Waals surface area contributed by atoms with Crippen molar-refractivity contribution in [3.05, 3.63) is 64.5 Å². The van der Waals surface area contributed by atoms with E-state index in [1.165, 1.54) is 30.3 Å². The molecule has 0 unspecified atom stereocenters. The predicted octanol–water partition coefficient (Wildman–Crippen LogP) is 2.40. The van der Waals surface area contributed by atoms with E-state index in [1.807, 2.05) is 0 Å². The van der Waals surface area contributed by atoms with Gasteiger partial charge in [0.1, 0.15) is 0 Å². The van der Waals surface area contributed by atoms with E-state index in [1.54, 1.807) is 24.3 Å². The first-order chi connectivity index (χ1) is 10.7. The third kappa shape index (κ3) is 5.36. The predicted molar refractivity (Wildman–Crippen MR) is 90.8 cm³/mol. The highest BCUT2D eigenvalue weighted by molar-refractivity contribution is 7.95. The van der Waals surface area contributed by atoms with Crippen molar-refractivity contribution in [2.24, 2.45) is 5.14 Å². The molecular weight excluding hydrogens is 360 g/mol. The number of hydrogen-bond donors (Lipinski definition) is 2. The average Bonchev–Trinajstić information content (AvgIpc) is 2.46. The lowest BCUT2D eigenvalue weighted by Crippen LogP contribution is -2.12. The molecule has 6 nitrogen and oxygen atoms in total. The van der Waals surface area contributed by atoms with Crippen LogP contribution in [0.1, 0.15) is 5.56 Å². The molecule has 2 aromatic carbocycles. The molecule has 0 heterocycles. The molecule has 23 heavy (non-hydrogen) atoms. The van der Waals surface area contributed by atoms with Crippen LogP contribution in [0.4, 0.5) is 5.69 Å². The fraction of sp³-hybridized carbons (Fsp3) is 0. The number of anilines is 1.